The van der Waals surface area contributed by atoms with Gasteiger partial charge < -0.3 is 15.5 Å². The lowest BCUT2D eigenvalue weighted by Crippen LogP contribution is -2.06. The van der Waals surface area contributed by atoms with Gasteiger partial charge in [0.2, 0.25) is 0 Å². The van der Waals surface area contributed by atoms with Crippen LogP contribution in [0.4, 0.5) is 0 Å². The zero-order valence-corrected chi connectivity index (χ0v) is 9.40. The van der Waals surface area contributed by atoms with Gasteiger partial charge >= 0.3 is 0 Å². The Bertz CT molecular complexity index is 459. The van der Waals surface area contributed by atoms with Crippen LogP contribution in [-0.4, -0.2) is 17.1 Å². The van der Waals surface area contributed by atoms with Crippen molar-refractivity contribution < 1.29 is 4.74 Å². The molecular formula is C12H15N3O. The molecule has 1 heterocycles. The molecule has 1 aromatic carbocycles. The molecule has 4 nitrogen and oxygen atoms in total. The molecule has 0 unspecified atom stereocenters. The second-order valence-electron chi connectivity index (χ2n) is 3.70. The first-order valence-corrected chi connectivity index (χ1v) is 5.15. The van der Waals surface area contributed by atoms with Gasteiger partial charge in [0.1, 0.15) is 11.6 Å². The Morgan fingerprint density at radius 1 is 1.31 bits per heavy atom. The van der Waals surface area contributed by atoms with Crippen molar-refractivity contribution in [2.24, 2.45) is 5.73 Å². The van der Waals surface area contributed by atoms with Crippen molar-refractivity contribution in [2.75, 3.05) is 7.11 Å². The van der Waals surface area contributed by atoms with E-state index < -0.39 is 0 Å². The van der Waals surface area contributed by atoms with Crippen molar-refractivity contribution in [2.45, 2.75) is 13.0 Å². The molecule has 3 N–H and O–H groups in total. The largest absolute Gasteiger partial charge is 0.497 e. The second kappa shape index (κ2) is 4.37. The quantitative estimate of drug-likeness (QED) is 0.827. The van der Waals surface area contributed by atoms with Crippen LogP contribution in [0.5, 0.6) is 5.75 Å². The topological polar surface area (TPSA) is 63.9 Å². The van der Waals surface area contributed by atoms with E-state index in [0.717, 1.165) is 22.8 Å². The fourth-order valence-corrected chi connectivity index (χ4v) is 1.49. The molecule has 16 heavy (non-hydrogen) atoms. The summed E-state index contributed by atoms with van der Waals surface area (Å²) in [6.45, 7) is 1.90. The first kappa shape index (κ1) is 10.7. The minimum Gasteiger partial charge on any atom is -0.497 e. The van der Waals surface area contributed by atoms with Gasteiger partial charge in [-0.2, -0.15) is 0 Å². The lowest BCUT2D eigenvalue weighted by Gasteiger charge is -2.02. The maximum absolute atomic E-state index is 5.74. The summed E-state index contributed by atoms with van der Waals surface area (Å²) in [4.78, 5) is 7.41. The molecule has 4 heteroatoms. The maximum Gasteiger partial charge on any atom is 0.123 e. The molecule has 0 spiro atoms. The second-order valence-corrected chi connectivity index (χ2v) is 3.70. The Morgan fingerprint density at radius 2 is 2.00 bits per heavy atom. The molecule has 0 fully saturated rings. The summed E-state index contributed by atoms with van der Waals surface area (Å²) in [5.74, 6) is 1.64. The number of nitrogens with two attached hydrogens (primary N) is 1. The standard InChI is InChI=1S/C12H15N3O/c1-8(13)12-14-7-11(15-12)9-3-5-10(16-2)6-4-9/h3-8H,13H2,1-2H3,(H,14,15)/t8-/m1/s1. The number of aromatic amines is 1. The van der Waals surface area contributed by atoms with E-state index in [1.807, 2.05) is 31.2 Å². The maximum atomic E-state index is 5.74. The van der Waals surface area contributed by atoms with E-state index in [1.165, 1.54) is 0 Å². The lowest BCUT2D eigenvalue weighted by atomic mass is 10.2. The van der Waals surface area contributed by atoms with E-state index in [4.69, 9.17) is 10.5 Å². The molecular weight excluding hydrogens is 202 g/mol. The number of aromatic nitrogens is 2. The smallest absolute Gasteiger partial charge is 0.123 e. The van der Waals surface area contributed by atoms with Crippen LogP contribution in [0.2, 0.25) is 0 Å². The van der Waals surface area contributed by atoms with Gasteiger partial charge in [0.15, 0.2) is 0 Å². The van der Waals surface area contributed by atoms with E-state index >= 15 is 0 Å². The van der Waals surface area contributed by atoms with Gasteiger partial charge in [0.25, 0.3) is 0 Å². The monoisotopic (exact) mass is 217 g/mol. The molecule has 84 valence electrons. The van der Waals surface area contributed by atoms with Gasteiger partial charge in [-0.1, -0.05) is 0 Å². The molecule has 1 aromatic heterocycles. The number of H-pyrrole nitrogens is 1. The Balaban J connectivity index is 2.28. The van der Waals surface area contributed by atoms with Crippen molar-refractivity contribution in [3.05, 3.63) is 36.3 Å². The van der Waals surface area contributed by atoms with Gasteiger partial charge in [-0.25, -0.2) is 4.98 Å². The van der Waals surface area contributed by atoms with Crippen molar-refractivity contribution >= 4 is 0 Å². The molecule has 2 rings (SSSR count). The first-order chi connectivity index (χ1) is 7.70. The van der Waals surface area contributed by atoms with E-state index in [0.29, 0.717) is 0 Å². The van der Waals surface area contributed by atoms with Gasteiger partial charge in [0.05, 0.1) is 25.0 Å². The summed E-state index contributed by atoms with van der Waals surface area (Å²) in [6.07, 6.45) is 1.79. The highest BCUT2D eigenvalue weighted by Crippen LogP contribution is 2.21. The highest BCUT2D eigenvalue weighted by molar-refractivity contribution is 5.59. The molecule has 0 aliphatic carbocycles. The van der Waals surface area contributed by atoms with Crippen LogP contribution < -0.4 is 10.5 Å². The Hall–Kier alpha value is -1.81. The van der Waals surface area contributed by atoms with Crippen LogP contribution in [0.1, 0.15) is 18.8 Å². The lowest BCUT2D eigenvalue weighted by molar-refractivity contribution is 0.415. The number of ether oxygens (including phenoxy) is 1. The third-order valence-corrected chi connectivity index (χ3v) is 2.43. The van der Waals surface area contributed by atoms with Crippen LogP contribution in [0, 0.1) is 0 Å². The predicted octanol–water partition coefficient (Wildman–Crippen LogP) is 2.10. The molecule has 0 radical (unpaired) electrons. The summed E-state index contributed by atoms with van der Waals surface area (Å²) in [5, 5.41) is 0. The van der Waals surface area contributed by atoms with Gasteiger partial charge in [-0.05, 0) is 36.8 Å². The first-order valence-electron chi connectivity index (χ1n) is 5.15. The summed E-state index contributed by atoms with van der Waals surface area (Å²) in [5.41, 5.74) is 7.77. The third kappa shape index (κ3) is 2.06. The van der Waals surface area contributed by atoms with Crippen molar-refractivity contribution in [1.82, 2.24) is 9.97 Å². The number of hydrogen-bond acceptors (Lipinski definition) is 3. The highest BCUT2D eigenvalue weighted by Gasteiger charge is 2.06. The Labute approximate surface area is 94.5 Å². The fourth-order valence-electron chi connectivity index (χ4n) is 1.49. The number of hydrogen-bond donors (Lipinski definition) is 2. The minimum atomic E-state index is -0.0769. The van der Waals surface area contributed by atoms with Crippen LogP contribution >= 0.6 is 0 Å². The summed E-state index contributed by atoms with van der Waals surface area (Å²) >= 11 is 0. The molecule has 0 amide bonds. The average molecular weight is 217 g/mol. The number of rotatable bonds is 3. The van der Waals surface area contributed by atoms with Crippen LogP contribution in [0.3, 0.4) is 0 Å². The number of methoxy groups -OCH3 is 1. The average Bonchev–Trinajstić information content (AvgIpc) is 2.78. The molecule has 0 bridgehead atoms. The molecule has 2 aromatic rings. The minimum absolute atomic E-state index is 0.0769. The van der Waals surface area contributed by atoms with Gasteiger partial charge in [0, 0.05) is 0 Å². The van der Waals surface area contributed by atoms with E-state index in [1.54, 1.807) is 13.3 Å². The number of benzene rings is 1. The van der Waals surface area contributed by atoms with Crippen molar-refractivity contribution in [3.8, 4) is 17.0 Å². The van der Waals surface area contributed by atoms with E-state index in [9.17, 15) is 0 Å². The molecule has 0 saturated carbocycles. The number of nitrogens with zero attached hydrogens (tertiary/aromatic N) is 1. The van der Waals surface area contributed by atoms with Crippen LogP contribution in [0.25, 0.3) is 11.3 Å². The number of imidazole rings is 1. The Kier molecular flexibility index (Phi) is 2.92. The summed E-state index contributed by atoms with van der Waals surface area (Å²) in [7, 11) is 1.65. The summed E-state index contributed by atoms with van der Waals surface area (Å²) < 4.78 is 5.10. The van der Waals surface area contributed by atoms with E-state index in [-0.39, 0.29) is 6.04 Å². The normalized spacial score (nSPS) is 12.4. The van der Waals surface area contributed by atoms with Gasteiger partial charge in [-0.15, -0.1) is 0 Å². The highest BCUT2D eigenvalue weighted by atomic mass is 16.5. The number of nitrogens with one attached hydrogen (secondary N) is 1. The van der Waals surface area contributed by atoms with Crippen LogP contribution in [-0.2, 0) is 0 Å². The summed E-state index contributed by atoms with van der Waals surface area (Å²) in [6, 6.07) is 7.73. The van der Waals surface area contributed by atoms with Crippen molar-refractivity contribution in [3.63, 3.8) is 0 Å². The SMILES string of the molecule is COc1ccc(-c2cnc([C@@H](C)N)[nH]2)cc1. The fraction of sp³-hybridized carbons (Fsp3) is 0.250. The third-order valence-electron chi connectivity index (χ3n) is 2.43. The van der Waals surface area contributed by atoms with Crippen LogP contribution in [0.15, 0.2) is 30.5 Å². The molecule has 0 saturated heterocycles. The molecule has 0 aliphatic rings. The van der Waals surface area contributed by atoms with E-state index in [2.05, 4.69) is 9.97 Å². The Morgan fingerprint density at radius 3 is 2.50 bits per heavy atom. The molecule has 0 aliphatic heterocycles. The van der Waals surface area contributed by atoms with Crippen molar-refractivity contribution in [1.29, 1.82) is 0 Å². The molecule has 1 atom stereocenters. The zero-order chi connectivity index (χ0) is 11.5. The zero-order valence-electron chi connectivity index (χ0n) is 9.40. The predicted molar refractivity (Wildman–Crippen MR) is 63.2 cm³/mol. The van der Waals surface area contributed by atoms with Gasteiger partial charge in [-0.3, -0.25) is 0 Å².